The van der Waals surface area contributed by atoms with Gasteiger partial charge in [-0.05, 0) is 18.6 Å². The molecule has 0 fully saturated rings. The van der Waals surface area contributed by atoms with Crippen LogP contribution in [0.3, 0.4) is 0 Å². The van der Waals surface area contributed by atoms with E-state index < -0.39 is 5.97 Å². The van der Waals surface area contributed by atoms with E-state index in [4.69, 9.17) is 21.6 Å². The molecule has 0 saturated heterocycles. The van der Waals surface area contributed by atoms with Gasteiger partial charge in [0, 0.05) is 6.42 Å². The van der Waals surface area contributed by atoms with E-state index in [0.717, 1.165) is 0 Å². The van der Waals surface area contributed by atoms with Crippen LogP contribution in [0.2, 0.25) is 0 Å². The van der Waals surface area contributed by atoms with Gasteiger partial charge in [0.25, 0.3) is 0 Å². The molecule has 0 aliphatic carbocycles. The van der Waals surface area contributed by atoms with E-state index in [1.807, 2.05) is 6.07 Å². The molecule has 0 radical (unpaired) electrons. The standard InChI is InChI=1S/C13H12ClNO3/c1-2-18-13(17)12-9(6-11(16)7-14)4-3-5-10(12)8-15/h3-5H,2,6-7H2,1H3. The number of carbonyl (C=O) groups is 2. The summed E-state index contributed by atoms with van der Waals surface area (Å²) in [5.74, 6) is -0.927. The highest BCUT2D eigenvalue weighted by Crippen LogP contribution is 2.17. The molecule has 0 atom stereocenters. The van der Waals surface area contributed by atoms with Crippen LogP contribution >= 0.6 is 11.6 Å². The molecule has 18 heavy (non-hydrogen) atoms. The zero-order chi connectivity index (χ0) is 13.5. The van der Waals surface area contributed by atoms with Crippen molar-refractivity contribution in [3.8, 4) is 6.07 Å². The average Bonchev–Trinajstić information content (AvgIpc) is 2.38. The number of benzene rings is 1. The molecule has 0 spiro atoms. The van der Waals surface area contributed by atoms with Crippen molar-refractivity contribution in [1.29, 1.82) is 5.26 Å². The quantitative estimate of drug-likeness (QED) is 0.604. The average molecular weight is 266 g/mol. The first-order valence-corrected chi connectivity index (χ1v) is 5.94. The molecule has 4 nitrogen and oxygen atoms in total. The van der Waals surface area contributed by atoms with Crippen molar-refractivity contribution >= 4 is 23.4 Å². The number of hydrogen-bond acceptors (Lipinski definition) is 4. The van der Waals surface area contributed by atoms with Crippen LogP contribution in [0.25, 0.3) is 0 Å². The fraction of sp³-hybridized carbons (Fsp3) is 0.308. The van der Waals surface area contributed by atoms with Crippen LogP contribution in [0.4, 0.5) is 0 Å². The van der Waals surface area contributed by atoms with E-state index in [1.165, 1.54) is 6.07 Å². The van der Waals surface area contributed by atoms with Gasteiger partial charge >= 0.3 is 5.97 Å². The topological polar surface area (TPSA) is 67.2 Å². The number of carbonyl (C=O) groups excluding carboxylic acids is 2. The first-order chi connectivity index (χ1) is 8.63. The smallest absolute Gasteiger partial charge is 0.339 e. The Kier molecular flexibility index (Phi) is 5.34. The number of nitrogens with zero attached hydrogens (tertiary/aromatic N) is 1. The molecule has 0 amide bonds. The van der Waals surface area contributed by atoms with Gasteiger partial charge in [-0.2, -0.15) is 5.26 Å². The van der Waals surface area contributed by atoms with E-state index in [-0.39, 0.29) is 35.8 Å². The summed E-state index contributed by atoms with van der Waals surface area (Å²) < 4.78 is 4.89. The number of ether oxygens (including phenoxy) is 1. The maximum Gasteiger partial charge on any atom is 0.339 e. The van der Waals surface area contributed by atoms with Crippen molar-refractivity contribution in [3.63, 3.8) is 0 Å². The van der Waals surface area contributed by atoms with Crippen LogP contribution in [-0.4, -0.2) is 24.2 Å². The van der Waals surface area contributed by atoms with E-state index in [2.05, 4.69) is 0 Å². The number of esters is 1. The Labute approximate surface area is 110 Å². The van der Waals surface area contributed by atoms with Crippen LogP contribution in [0.1, 0.15) is 28.4 Å². The van der Waals surface area contributed by atoms with E-state index in [0.29, 0.717) is 5.56 Å². The van der Waals surface area contributed by atoms with Crippen LogP contribution in [0, 0.1) is 11.3 Å². The van der Waals surface area contributed by atoms with Crippen molar-refractivity contribution < 1.29 is 14.3 Å². The highest BCUT2D eigenvalue weighted by atomic mass is 35.5. The predicted molar refractivity (Wildman–Crippen MR) is 66.5 cm³/mol. The molecule has 94 valence electrons. The lowest BCUT2D eigenvalue weighted by Crippen LogP contribution is -2.14. The van der Waals surface area contributed by atoms with E-state index >= 15 is 0 Å². The molecule has 0 bridgehead atoms. The molecular formula is C13H12ClNO3. The van der Waals surface area contributed by atoms with Gasteiger partial charge in [0.1, 0.15) is 6.07 Å². The van der Waals surface area contributed by atoms with Crippen LogP contribution in [0.5, 0.6) is 0 Å². The van der Waals surface area contributed by atoms with Gasteiger partial charge in [-0.3, -0.25) is 4.79 Å². The predicted octanol–water partition coefficient (Wildman–Crippen LogP) is 2.09. The Bertz CT molecular complexity index is 505. The summed E-state index contributed by atoms with van der Waals surface area (Å²) in [5, 5.41) is 8.98. The minimum atomic E-state index is -0.591. The summed E-state index contributed by atoms with van der Waals surface area (Å²) in [6.45, 7) is 1.89. The molecular weight excluding hydrogens is 254 g/mol. The van der Waals surface area contributed by atoms with Gasteiger partial charge < -0.3 is 4.74 Å². The minimum Gasteiger partial charge on any atom is -0.462 e. The molecule has 1 aromatic rings. The minimum absolute atomic E-state index is 0.0210. The molecule has 0 saturated carbocycles. The molecule has 0 unspecified atom stereocenters. The van der Waals surface area contributed by atoms with Gasteiger partial charge in [0.05, 0.1) is 23.6 Å². The van der Waals surface area contributed by atoms with Gasteiger partial charge in [0.15, 0.2) is 5.78 Å². The number of alkyl halides is 1. The lowest BCUT2D eigenvalue weighted by molar-refractivity contribution is -0.116. The lowest BCUT2D eigenvalue weighted by Gasteiger charge is -2.09. The second-order valence-electron chi connectivity index (χ2n) is 3.52. The lowest BCUT2D eigenvalue weighted by atomic mass is 9.98. The Hall–Kier alpha value is -1.86. The van der Waals surface area contributed by atoms with E-state index in [9.17, 15) is 9.59 Å². The largest absolute Gasteiger partial charge is 0.462 e. The third-order valence-electron chi connectivity index (χ3n) is 2.29. The fourth-order valence-corrected chi connectivity index (χ4v) is 1.64. The van der Waals surface area contributed by atoms with Crippen molar-refractivity contribution in [2.45, 2.75) is 13.3 Å². The zero-order valence-electron chi connectivity index (χ0n) is 9.90. The number of Topliss-reactive ketones (excluding diaryl/α,β-unsaturated/α-hetero) is 1. The highest BCUT2D eigenvalue weighted by Gasteiger charge is 2.18. The zero-order valence-corrected chi connectivity index (χ0v) is 10.7. The third-order valence-corrected chi connectivity index (χ3v) is 2.59. The van der Waals surface area contributed by atoms with Crippen molar-refractivity contribution in [3.05, 3.63) is 34.9 Å². The SMILES string of the molecule is CCOC(=O)c1c(C#N)cccc1CC(=O)CCl. The summed E-state index contributed by atoms with van der Waals surface area (Å²) in [7, 11) is 0. The second kappa shape index (κ2) is 6.77. The highest BCUT2D eigenvalue weighted by molar-refractivity contribution is 6.27. The maximum absolute atomic E-state index is 11.8. The number of hydrogen-bond donors (Lipinski definition) is 0. The maximum atomic E-state index is 11.8. The monoisotopic (exact) mass is 265 g/mol. The second-order valence-corrected chi connectivity index (χ2v) is 3.79. The van der Waals surface area contributed by atoms with Gasteiger partial charge in [-0.15, -0.1) is 11.6 Å². The first kappa shape index (κ1) is 14.2. The summed E-state index contributed by atoms with van der Waals surface area (Å²) in [5.41, 5.74) is 0.826. The Morgan fingerprint density at radius 1 is 1.44 bits per heavy atom. The summed E-state index contributed by atoms with van der Waals surface area (Å²) >= 11 is 5.44. The fourth-order valence-electron chi connectivity index (χ4n) is 1.54. The Balaban J connectivity index is 3.21. The number of nitriles is 1. The van der Waals surface area contributed by atoms with E-state index in [1.54, 1.807) is 19.1 Å². The molecule has 0 aliphatic rings. The molecule has 0 heterocycles. The Morgan fingerprint density at radius 3 is 2.72 bits per heavy atom. The van der Waals surface area contributed by atoms with Crippen molar-refractivity contribution in [2.24, 2.45) is 0 Å². The van der Waals surface area contributed by atoms with Gasteiger partial charge in [0.2, 0.25) is 0 Å². The number of halogens is 1. The molecule has 0 aliphatic heterocycles. The molecule has 0 N–H and O–H groups in total. The summed E-state index contributed by atoms with van der Waals surface area (Å²) in [4.78, 5) is 23.1. The molecule has 1 aromatic carbocycles. The van der Waals surface area contributed by atoms with Crippen molar-refractivity contribution in [1.82, 2.24) is 0 Å². The summed E-state index contributed by atoms with van der Waals surface area (Å²) in [6.07, 6.45) is 0.0210. The Morgan fingerprint density at radius 2 is 2.17 bits per heavy atom. The first-order valence-electron chi connectivity index (χ1n) is 5.40. The van der Waals surface area contributed by atoms with Gasteiger partial charge in [-0.25, -0.2) is 4.79 Å². The van der Waals surface area contributed by atoms with Crippen LogP contribution < -0.4 is 0 Å². The third kappa shape index (κ3) is 3.31. The molecule has 0 aromatic heterocycles. The molecule has 1 rings (SSSR count). The summed E-state index contributed by atoms with van der Waals surface area (Å²) in [6, 6.07) is 6.68. The van der Waals surface area contributed by atoms with Crippen LogP contribution in [0.15, 0.2) is 18.2 Å². The van der Waals surface area contributed by atoms with Gasteiger partial charge in [-0.1, -0.05) is 12.1 Å². The van der Waals surface area contributed by atoms with Crippen molar-refractivity contribution in [2.75, 3.05) is 12.5 Å². The number of rotatable bonds is 5. The van der Waals surface area contributed by atoms with Crippen LogP contribution in [-0.2, 0) is 16.0 Å². The molecule has 5 heteroatoms. The normalized spacial score (nSPS) is 9.61. The number of ketones is 1.